The first-order chi connectivity index (χ1) is 15.3. The van der Waals surface area contributed by atoms with Gasteiger partial charge in [-0.3, -0.25) is 9.97 Å². The van der Waals surface area contributed by atoms with Gasteiger partial charge in [0.1, 0.15) is 0 Å². The fraction of sp³-hybridized carbons (Fsp3) is 0.467. The Kier molecular flexibility index (Phi) is 3.63. The standard InChI is InChI=1S/C30H32N2/c1-29(2)21-9-19-11-27(31-15-23(19)25(29)13-21)17-6-5-7-18(8-17)28-12-20-10-22-14-26(30(22,3)4)24(20)16-32-28/h5-8,11-12,15-16,21-22,25-26H,9-10,13-14H2,1-4H3/t21-,22-,25+,26+/m1/s1. The third-order valence-corrected chi connectivity index (χ3v) is 10.1. The summed E-state index contributed by atoms with van der Waals surface area (Å²) in [6, 6.07) is 13.6. The number of benzene rings is 1. The maximum atomic E-state index is 4.92. The van der Waals surface area contributed by atoms with Crippen LogP contribution in [0.5, 0.6) is 0 Å². The average Bonchev–Trinajstić information content (AvgIpc) is 2.82. The number of rotatable bonds is 2. The molecule has 2 fully saturated rings. The van der Waals surface area contributed by atoms with Gasteiger partial charge in [-0.15, -0.1) is 0 Å². The molecule has 2 nitrogen and oxygen atoms in total. The van der Waals surface area contributed by atoms with Gasteiger partial charge in [-0.1, -0.05) is 45.9 Å². The first-order valence-corrected chi connectivity index (χ1v) is 12.4. The van der Waals surface area contributed by atoms with Gasteiger partial charge in [0.05, 0.1) is 11.4 Å². The maximum Gasteiger partial charge on any atom is 0.0705 e. The van der Waals surface area contributed by atoms with Gasteiger partial charge in [0.2, 0.25) is 0 Å². The molecule has 0 unspecified atom stereocenters. The van der Waals surface area contributed by atoms with Gasteiger partial charge in [0, 0.05) is 23.5 Å². The predicted molar refractivity (Wildman–Crippen MR) is 130 cm³/mol. The van der Waals surface area contributed by atoms with Gasteiger partial charge in [-0.25, -0.2) is 0 Å². The Morgan fingerprint density at radius 3 is 1.59 bits per heavy atom. The molecule has 0 aliphatic heterocycles. The lowest BCUT2D eigenvalue weighted by molar-refractivity contribution is 0.0183. The number of pyridine rings is 2. The molecule has 1 aromatic carbocycles. The van der Waals surface area contributed by atoms with Crippen LogP contribution in [0.3, 0.4) is 0 Å². The second kappa shape index (κ2) is 6.10. The van der Waals surface area contributed by atoms with Crippen molar-refractivity contribution < 1.29 is 0 Å². The van der Waals surface area contributed by atoms with Crippen LogP contribution in [0, 0.1) is 22.7 Å². The van der Waals surface area contributed by atoms with E-state index in [1.165, 1.54) is 59.1 Å². The first kappa shape index (κ1) is 19.0. The summed E-state index contributed by atoms with van der Waals surface area (Å²) in [7, 11) is 0. The van der Waals surface area contributed by atoms with Crippen LogP contribution in [0.25, 0.3) is 22.5 Å². The van der Waals surface area contributed by atoms with E-state index >= 15 is 0 Å². The molecule has 9 rings (SSSR count). The van der Waals surface area contributed by atoms with E-state index < -0.39 is 0 Å². The quantitative estimate of drug-likeness (QED) is 0.439. The van der Waals surface area contributed by atoms with E-state index in [4.69, 9.17) is 9.97 Å². The van der Waals surface area contributed by atoms with E-state index in [0.717, 1.165) is 23.2 Å². The number of hydrogen-bond acceptors (Lipinski definition) is 2. The molecule has 6 aliphatic rings. The Balaban J connectivity index is 1.22. The molecular weight excluding hydrogens is 388 g/mol. The molecule has 2 saturated carbocycles. The summed E-state index contributed by atoms with van der Waals surface area (Å²) in [4.78, 5) is 9.84. The Hall–Kier alpha value is -2.48. The summed E-state index contributed by atoms with van der Waals surface area (Å²) >= 11 is 0. The highest BCUT2D eigenvalue weighted by molar-refractivity contribution is 5.71. The summed E-state index contributed by atoms with van der Waals surface area (Å²) in [6.07, 6.45) is 9.45. The molecular formula is C30H32N2. The highest BCUT2D eigenvalue weighted by Gasteiger charge is 2.53. The van der Waals surface area contributed by atoms with E-state index in [-0.39, 0.29) is 0 Å². The van der Waals surface area contributed by atoms with Crippen LogP contribution < -0.4 is 0 Å². The van der Waals surface area contributed by atoms with Gasteiger partial charge < -0.3 is 0 Å². The molecule has 6 aliphatic carbocycles. The maximum absolute atomic E-state index is 4.92. The average molecular weight is 421 g/mol. The van der Waals surface area contributed by atoms with Crippen LogP contribution in [-0.2, 0) is 12.8 Å². The van der Waals surface area contributed by atoms with Crippen molar-refractivity contribution in [3.63, 3.8) is 0 Å². The van der Waals surface area contributed by atoms with Gasteiger partial charge in [0.15, 0.2) is 0 Å². The molecule has 0 saturated heterocycles. The van der Waals surface area contributed by atoms with Crippen molar-refractivity contribution in [2.45, 2.75) is 65.2 Å². The van der Waals surface area contributed by atoms with Gasteiger partial charge in [-0.2, -0.15) is 0 Å². The summed E-state index contributed by atoms with van der Waals surface area (Å²) in [5.41, 5.74) is 11.5. The first-order valence-electron chi connectivity index (χ1n) is 12.4. The molecule has 4 bridgehead atoms. The van der Waals surface area contributed by atoms with Crippen LogP contribution in [0.4, 0.5) is 0 Å². The molecule has 0 amide bonds. The van der Waals surface area contributed by atoms with E-state index in [1.54, 1.807) is 0 Å². The lowest BCUT2D eigenvalue weighted by Crippen LogP contribution is -2.48. The topological polar surface area (TPSA) is 25.8 Å². The van der Waals surface area contributed by atoms with Crippen molar-refractivity contribution in [3.05, 3.63) is 71.0 Å². The summed E-state index contributed by atoms with van der Waals surface area (Å²) in [5, 5.41) is 0. The minimum absolute atomic E-state index is 0.448. The Morgan fingerprint density at radius 1 is 0.688 bits per heavy atom. The molecule has 0 N–H and O–H groups in total. The zero-order chi connectivity index (χ0) is 21.8. The van der Waals surface area contributed by atoms with Crippen molar-refractivity contribution in [1.82, 2.24) is 9.97 Å². The predicted octanol–water partition coefficient (Wildman–Crippen LogP) is 7.18. The Morgan fingerprint density at radius 2 is 1.16 bits per heavy atom. The lowest BCUT2D eigenvalue weighted by Gasteiger charge is -2.57. The number of hydrogen-bond donors (Lipinski definition) is 0. The molecule has 32 heavy (non-hydrogen) atoms. The van der Waals surface area contributed by atoms with E-state index in [0.29, 0.717) is 22.7 Å². The highest BCUT2D eigenvalue weighted by atomic mass is 14.7. The summed E-state index contributed by atoms with van der Waals surface area (Å²) in [5.74, 6) is 3.05. The van der Waals surface area contributed by atoms with Crippen molar-refractivity contribution >= 4 is 0 Å². The van der Waals surface area contributed by atoms with E-state index in [1.807, 2.05) is 0 Å². The van der Waals surface area contributed by atoms with E-state index in [9.17, 15) is 0 Å². The van der Waals surface area contributed by atoms with Crippen LogP contribution in [0.2, 0.25) is 0 Å². The molecule has 4 atom stereocenters. The van der Waals surface area contributed by atoms with E-state index in [2.05, 4.69) is 76.5 Å². The smallest absolute Gasteiger partial charge is 0.0705 e. The Labute approximate surface area is 191 Å². The minimum Gasteiger partial charge on any atom is -0.256 e. The van der Waals surface area contributed by atoms with Gasteiger partial charge in [-0.05, 0) is 101 Å². The molecule has 2 aromatic heterocycles. The van der Waals surface area contributed by atoms with Crippen LogP contribution in [0.1, 0.15) is 74.6 Å². The molecule has 2 heteroatoms. The molecule has 0 spiro atoms. The van der Waals surface area contributed by atoms with Crippen molar-refractivity contribution in [3.8, 4) is 22.5 Å². The van der Waals surface area contributed by atoms with Crippen LogP contribution >= 0.6 is 0 Å². The molecule has 2 heterocycles. The van der Waals surface area contributed by atoms with Crippen LogP contribution in [-0.4, -0.2) is 9.97 Å². The summed E-state index contributed by atoms with van der Waals surface area (Å²) in [6.45, 7) is 9.73. The third kappa shape index (κ3) is 2.42. The summed E-state index contributed by atoms with van der Waals surface area (Å²) < 4.78 is 0. The second-order valence-corrected chi connectivity index (χ2v) is 12.1. The molecule has 0 radical (unpaired) electrons. The largest absolute Gasteiger partial charge is 0.256 e. The Bertz CT molecular complexity index is 1170. The number of nitrogens with zero attached hydrogens (tertiary/aromatic N) is 2. The van der Waals surface area contributed by atoms with Crippen molar-refractivity contribution in [1.29, 1.82) is 0 Å². The fourth-order valence-electron chi connectivity index (χ4n) is 7.46. The normalized spacial score (nSPS) is 29.9. The fourth-order valence-corrected chi connectivity index (χ4v) is 7.46. The van der Waals surface area contributed by atoms with Crippen molar-refractivity contribution in [2.75, 3.05) is 0 Å². The monoisotopic (exact) mass is 420 g/mol. The van der Waals surface area contributed by atoms with Crippen molar-refractivity contribution in [2.24, 2.45) is 22.7 Å². The number of aromatic nitrogens is 2. The van der Waals surface area contributed by atoms with Gasteiger partial charge in [0.25, 0.3) is 0 Å². The SMILES string of the molecule is CC1(C)[C@@H]2Cc3cc(-c4cccc(-c5cc6c(cn5)[C@@H]5C[C@@H](C6)C5(C)C)c4)ncc3[C@@H]1C2. The highest BCUT2D eigenvalue weighted by Crippen LogP contribution is 2.63. The zero-order valence-electron chi connectivity index (χ0n) is 19.7. The second-order valence-electron chi connectivity index (χ2n) is 12.1. The molecule has 3 aromatic rings. The van der Waals surface area contributed by atoms with Gasteiger partial charge >= 0.3 is 0 Å². The van der Waals surface area contributed by atoms with Crippen LogP contribution in [0.15, 0.2) is 48.8 Å². The zero-order valence-corrected chi connectivity index (χ0v) is 19.7. The lowest BCUT2D eigenvalue weighted by atomic mass is 9.47. The minimum atomic E-state index is 0.448. The molecule has 162 valence electrons. The third-order valence-electron chi connectivity index (χ3n) is 10.1.